The lowest BCUT2D eigenvalue weighted by Crippen LogP contribution is -2.20. The molecule has 2 rings (SSSR count). The molecule has 0 heterocycles. The number of aryl methyl sites for hydroxylation is 1. The Labute approximate surface area is 110 Å². The van der Waals surface area contributed by atoms with Crippen LogP contribution in [0.1, 0.15) is 37.0 Å². The molecule has 1 unspecified atom stereocenters. The molecule has 1 aliphatic rings. The summed E-state index contributed by atoms with van der Waals surface area (Å²) in [5.41, 5.74) is 3.95. The largest absolute Gasteiger partial charge is 0.369 e. The van der Waals surface area contributed by atoms with Gasteiger partial charge in [0.2, 0.25) is 0 Å². The summed E-state index contributed by atoms with van der Waals surface area (Å²) >= 11 is 0. The minimum atomic E-state index is 0.258. The minimum absolute atomic E-state index is 0.258. The monoisotopic (exact) mass is 245 g/mol. The van der Waals surface area contributed by atoms with E-state index in [0.717, 1.165) is 25.1 Å². The van der Waals surface area contributed by atoms with E-state index in [1.165, 1.54) is 24.0 Å². The number of hydrogen-bond donors (Lipinski definition) is 1. The molecule has 0 spiro atoms. The molecule has 0 bridgehead atoms. The van der Waals surface area contributed by atoms with E-state index in [0.29, 0.717) is 6.61 Å². The molecule has 1 N–H and O–H groups in total. The SMILES string of the molecule is C=C(CNCC)COC1CCCc2ccccc21. The van der Waals surface area contributed by atoms with Gasteiger partial charge in [0.05, 0.1) is 12.7 Å². The van der Waals surface area contributed by atoms with Gasteiger partial charge in [0.25, 0.3) is 0 Å². The number of benzene rings is 1. The second-order valence-electron chi connectivity index (χ2n) is 4.92. The number of hydrogen-bond acceptors (Lipinski definition) is 2. The predicted molar refractivity (Wildman–Crippen MR) is 75.8 cm³/mol. The van der Waals surface area contributed by atoms with Crippen molar-refractivity contribution >= 4 is 0 Å². The van der Waals surface area contributed by atoms with Crippen LogP contribution in [0.25, 0.3) is 0 Å². The minimum Gasteiger partial charge on any atom is -0.369 e. The third kappa shape index (κ3) is 3.44. The van der Waals surface area contributed by atoms with Crippen LogP contribution in [-0.4, -0.2) is 19.7 Å². The van der Waals surface area contributed by atoms with E-state index in [1.54, 1.807) is 0 Å². The zero-order valence-electron chi connectivity index (χ0n) is 11.2. The third-order valence-electron chi connectivity index (χ3n) is 3.43. The highest BCUT2D eigenvalue weighted by molar-refractivity contribution is 5.31. The number of likely N-dealkylation sites (N-methyl/N-ethyl adjacent to an activating group) is 1. The molecule has 1 atom stereocenters. The summed E-state index contributed by atoms with van der Waals surface area (Å²) < 4.78 is 6.03. The van der Waals surface area contributed by atoms with Crippen molar-refractivity contribution in [2.24, 2.45) is 0 Å². The van der Waals surface area contributed by atoms with Crippen LogP contribution in [0, 0.1) is 0 Å². The van der Waals surface area contributed by atoms with E-state index >= 15 is 0 Å². The molecule has 0 radical (unpaired) electrons. The molecule has 0 amide bonds. The van der Waals surface area contributed by atoms with Crippen molar-refractivity contribution in [1.29, 1.82) is 0 Å². The Hall–Kier alpha value is -1.12. The van der Waals surface area contributed by atoms with Gasteiger partial charge in [-0.2, -0.15) is 0 Å². The first-order valence-corrected chi connectivity index (χ1v) is 6.88. The van der Waals surface area contributed by atoms with E-state index in [4.69, 9.17) is 4.74 Å². The average molecular weight is 245 g/mol. The standard InChI is InChI=1S/C16H23NO/c1-3-17-11-13(2)12-18-16-10-6-8-14-7-4-5-9-15(14)16/h4-5,7,9,16-17H,2-3,6,8,10-12H2,1H3. The fourth-order valence-electron chi connectivity index (χ4n) is 2.45. The van der Waals surface area contributed by atoms with Gasteiger partial charge in [-0.3, -0.25) is 0 Å². The molecule has 98 valence electrons. The van der Waals surface area contributed by atoms with Crippen LogP contribution in [0.3, 0.4) is 0 Å². The molecular weight excluding hydrogens is 222 g/mol. The first-order chi connectivity index (χ1) is 8.81. The van der Waals surface area contributed by atoms with Crippen LogP contribution in [0.5, 0.6) is 0 Å². The van der Waals surface area contributed by atoms with Crippen molar-refractivity contribution in [3.8, 4) is 0 Å². The van der Waals surface area contributed by atoms with Crippen molar-refractivity contribution in [2.75, 3.05) is 19.7 Å². The van der Waals surface area contributed by atoms with Gasteiger partial charge in [-0.15, -0.1) is 0 Å². The number of nitrogens with one attached hydrogen (secondary N) is 1. The van der Waals surface area contributed by atoms with Crippen molar-refractivity contribution in [1.82, 2.24) is 5.32 Å². The Morgan fingerprint density at radius 3 is 3.11 bits per heavy atom. The molecule has 2 nitrogen and oxygen atoms in total. The van der Waals surface area contributed by atoms with Crippen molar-refractivity contribution < 1.29 is 4.74 Å². The molecule has 0 aromatic heterocycles. The molecule has 1 aliphatic carbocycles. The Morgan fingerprint density at radius 1 is 1.44 bits per heavy atom. The smallest absolute Gasteiger partial charge is 0.0832 e. The van der Waals surface area contributed by atoms with Gasteiger partial charge in [-0.05, 0) is 42.5 Å². The summed E-state index contributed by atoms with van der Waals surface area (Å²) in [6.45, 7) is 8.64. The zero-order chi connectivity index (χ0) is 12.8. The first-order valence-electron chi connectivity index (χ1n) is 6.88. The maximum Gasteiger partial charge on any atom is 0.0832 e. The molecule has 0 fully saturated rings. The lowest BCUT2D eigenvalue weighted by molar-refractivity contribution is 0.0559. The van der Waals surface area contributed by atoms with Crippen LogP contribution in [0.15, 0.2) is 36.4 Å². The zero-order valence-corrected chi connectivity index (χ0v) is 11.2. The summed E-state index contributed by atoms with van der Waals surface area (Å²) in [5.74, 6) is 0. The Morgan fingerprint density at radius 2 is 2.28 bits per heavy atom. The molecule has 0 saturated heterocycles. The summed E-state index contributed by atoms with van der Waals surface area (Å²) in [4.78, 5) is 0. The van der Waals surface area contributed by atoms with Crippen molar-refractivity contribution in [3.05, 3.63) is 47.5 Å². The average Bonchev–Trinajstić information content (AvgIpc) is 2.42. The predicted octanol–water partition coefficient (Wildman–Crippen LogP) is 3.25. The molecule has 0 saturated carbocycles. The van der Waals surface area contributed by atoms with Crippen LogP contribution in [0.4, 0.5) is 0 Å². The van der Waals surface area contributed by atoms with Gasteiger partial charge in [-0.25, -0.2) is 0 Å². The molecule has 1 aromatic carbocycles. The fourth-order valence-corrected chi connectivity index (χ4v) is 2.45. The normalized spacial score (nSPS) is 18.4. The van der Waals surface area contributed by atoms with E-state index in [9.17, 15) is 0 Å². The molecular formula is C16H23NO. The molecule has 1 aromatic rings. The van der Waals surface area contributed by atoms with Crippen LogP contribution < -0.4 is 5.32 Å². The van der Waals surface area contributed by atoms with Gasteiger partial charge < -0.3 is 10.1 Å². The Balaban J connectivity index is 1.89. The lowest BCUT2D eigenvalue weighted by Gasteiger charge is -2.26. The third-order valence-corrected chi connectivity index (χ3v) is 3.43. The van der Waals surface area contributed by atoms with Gasteiger partial charge >= 0.3 is 0 Å². The van der Waals surface area contributed by atoms with Crippen molar-refractivity contribution in [2.45, 2.75) is 32.3 Å². The summed E-state index contributed by atoms with van der Waals surface area (Å²) in [5, 5.41) is 3.28. The van der Waals surface area contributed by atoms with Crippen LogP contribution >= 0.6 is 0 Å². The lowest BCUT2D eigenvalue weighted by atomic mass is 9.89. The summed E-state index contributed by atoms with van der Waals surface area (Å²) in [7, 11) is 0. The van der Waals surface area contributed by atoms with Gasteiger partial charge in [0.15, 0.2) is 0 Å². The van der Waals surface area contributed by atoms with Gasteiger partial charge in [0, 0.05) is 6.54 Å². The van der Waals surface area contributed by atoms with Gasteiger partial charge in [-0.1, -0.05) is 37.8 Å². The van der Waals surface area contributed by atoms with Crippen LogP contribution in [-0.2, 0) is 11.2 Å². The topological polar surface area (TPSA) is 21.3 Å². The first kappa shape index (κ1) is 13.3. The summed E-state index contributed by atoms with van der Waals surface area (Å²) in [6, 6.07) is 8.64. The highest BCUT2D eigenvalue weighted by atomic mass is 16.5. The Bertz CT molecular complexity index is 400. The maximum absolute atomic E-state index is 6.03. The maximum atomic E-state index is 6.03. The molecule has 2 heteroatoms. The van der Waals surface area contributed by atoms with E-state index < -0.39 is 0 Å². The molecule has 0 aliphatic heterocycles. The summed E-state index contributed by atoms with van der Waals surface area (Å²) in [6.07, 6.45) is 3.80. The molecule has 18 heavy (non-hydrogen) atoms. The number of rotatable bonds is 6. The van der Waals surface area contributed by atoms with E-state index in [1.807, 2.05) is 0 Å². The fraction of sp³-hybridized carbons (Fsp3) is 0.500. The highest BCUT2D eigenvalue weighted by Gasteiger charge is 2.20. The van der Waals surface area contributed by atoms with E-state index in [2.05, 4.69) is 43.1 Å². The Kier molecular flexibility index (Phi) is 4.97. The second-order valence-corrected chi connectivity index (χ2v) is 4.92. The van der Waals surface area contributed by atoms with E-state index in [-0.39, 0.29) is 6.10 Å². The second kappa shape index (κ2) is 6.72. The highest BCUT2D eigenvalue weighted by Crippen LogP contribution is 2.32. The van der Waals surface area contributed by atoms with Crippen molar-refractivity contribution in [3.63, 3.8) is 0 Å². The quantitative estimate of drug-likeness (QED) is 0.777. The van der Waals surface area contributed by atoms with Gasteiger partial charge in [0.1, 0.15) is 0 Å². The number of fused-ring (bicyclic) bond motifs is 1. The van der Waals surface area contributed by atoms with Crippen LogP contribution in [0.2, 0.25) is 0 Å². The number of ether oxygens (including phenoxy) is 1.